The van der Waals surface area contributed by atoms with E-state index in [9.17, 15) is 9.59 Å². The first kappa shape index (κ1) is 18.7. The number of carbonyl (C=O) groups excluding carboxylic acids is 1. The summed E-state index contributed by atoms with van der Waals surface area (Å²) >= 11 is 0. The van der Waals surface area contributed by atoms with Gasteiger partial charge in [0.25, 0.3) is 5.91 Å². The van der Waals surface area contributed by atoms with Gasteiger partial charge in [-0.3, -0.25) is 4.79 Å². The SMILES string of the molecule is CCCc1cc(=O)oc2cc(OCC(=O)N(C)Cc3ccccc3)ccc12. The predicted molar refractivity (Wildman–Crippen MR) is 105 cm³/mol. The fraction of sp³-hybridized carbons (Fsp3) is 0.273. The zero-order chi connectivity index (χ0) is 19.2. The third-order valence-electron chi connectivity index (χ3n) is 4.37. The number of benzene rings is 2. The van der Waals surface area contributed by atoms with Crippen LogP contribution in [0.1, 0.15) is 24.5 Å². The summed E-state index contributed by atoms with van der Waals surface area (Å²) in [7, 11) is 1.75. The Bertz CT molecular complexity index is 979. The van der Waals surface area contributed by atoms with Gasteiger partial charge in [-0.05, 0) is 29.7 Å². The molecule has 0 radical (unpaired) electrons. The van der Waals surface area contributed by atoms with Crippen molar-refractivity contribution in [3.63, 3.8) is 0 Å². The number of carbonyl (C=O) groups is 1. The van der Waals surface area contributed by atoms with E-state index in [2.05, 4.69) is 6.92 Å². The molecule has 1 amide bonds. The zero-order valence-electron chi connectivity index (χ0n) is 15.6. The van der Waals surface area contributed by atoms with Gasteiger partial charge in [0.2, 0.25) is 0 Å². The van der Waals surface area contributed by atoms with Crippen molar-refractivity contribution in [1.82, 2.24) is 4.90 Å². The van der Waals surface area contributed by atoms with Gasteiger partial charge in [-0.2, -0.15) is 0 Å². The lowest BCUT2D eigenvalue weighted by Crippen LogP contribution is -2.30. The van der Waals surface area contributed by atoms with Gasteiger partial charge in [-0.15, -0.1) is 0 Å². The second kappa shape index (κ2) is 8.54. The van der Waals surface area contributed by atoms with Crippen LogP contribution in [0.4, 0.5) is 0 Å². The number of nitrogens with zero attached hydrogens (tertiary/aromatic N) is 1. The molecule has 0 saturated heterocycles. The van der Waals surface area contributed by atoms with Crippen LogP contribution in [-0.2, 0) is 17.8 Å². The summed E-state index contributed by atoms with van der Waals surface area (Å²) in [6, 6.07) is 16.7. The Labute approximate surface area is 158 Å². The number of fused-ring (bicyclic) bond motifs is 1. The maximum atomic E-state index is 12.3. The minimum atomic E-state index is -0.373. The molecule has 0 aliphatic carbocycles. The molecule has 0 bridgehead atoms. The number of aryl methyl sites for hydroxylation is 1. The minimum Gasteiger partial charge on any atom is -0.484 e. The third-order valence-corrected chi connectivity index (χ3v) is 4.37. The van der Waals surface area contributed by atoms with E-state index >= 15 is 0 Å². The van der Waals surface area contributed by atoms with E-state index in [1.54, 1.807) is 24.1 Å². The lowest BCUT2D eigenvalue weighted by molar-refractivity contribution is -0.132. The number of ether oxygens (including phenoxy) is 1. The molecule has 1 heterocycles. The van der Waals surface area contributed by atoms with Crippen molar-refractivity contribution in [2.45, 2.75) is 26.3 Å². The first-order chi connectivity index (χ1) is 13.1. The molecule has 5 heteroatoms. The van der Waals surface area contributed by atoms with Crippen LogP contribution in [0.25, 0.3) is 11.0 Å². The Kier molecular flexibility index (Phi) is 5.91. The van der Waals surface area contributed by atoms with Crippen LogP contribution in [0.2, 0.25) is 0 Å². The number of hydrogen-bond acceptors (Lipinski definition) is 4. The number of likely N-dealkylation sites (N-methyl/N-ethyl adjacent to an activating group) is 1. The highest BCUT2D eigenvalue weighted by molar-refractivity contribution is 5.82. The van der Waals surface area contributed by atoms with E-state index in [1.807, 2.05) is 36.4 Å². The van der Waals surface area contributed by atoms with E-state index in [1.165, 1.54) is 6.07 Å². The molecule has 5 nitrogen and oxygen atoms in total. The first-order valence-corrected chi connectivity index (χ1v) is 9.04. The van der Waals surface area contributed by atoms with E-state index in [4.69, 9.17) is 9.15 Å². The van der Waals surface area contributed by atoms with Crippen molar-refractivity contribution in [3.05, 3.63) is 76.1 Å². The third kappa shape index (κ3) is 4.76. The van der Waals surface area contributed by atoms with Gasteiger partial charge in [0.1, 0.15) is 11.3 Å². The molecule has 27 heavy (non-hydrogen) atoms. The smallest absolute Gasteiger partial charge is 0.336 e. The molecule has 3 aromatic rings. The van der Waals surface area contributed by atoms with Crippen molar-refractivity contribution in [2.75, 3.05) is 13.7 Å². The van der Waals surface area contributed by atoms with Gasteiger partial charge in [-0.25, -0.2) is 4.79 Å². The molecule has 0 aliphatic rings. The molecule has 0 aliphatic heterocycles. The van der Waals surface area contributed by atoms with E-state index < -0.39 is 0 Å². The van der Waals surface area contributed by atoms with Gasteiger partial charge in [0.05, 0.1) is 0 Å². The molecule has 0 atom stereocenters. The standard InChI is InChI=1S/C22H23NO4/c1-3-7-17-12-22(25)27-20-13-18(10-11-19(17)20)26-15-21(24)23(2)14-16-8-5-4-6-9-16/h4-6,8-13H,3,7,14-15H2,1-2H3. The van der Waals surface area contributed by atoms with E-state index in [0.717, 1.165) is 29.4 Å². The highest BCUT2D eigenvalue weighted by Gasteiger charge is 2.11. The molecule has 3 rings (SSSR count). The number of rotatable bonds is 7. The van der Waals surface area contributed by atoms with Crippen LogP contribution >= 0.6 is 0 Å². The normalized spacial score (nSPS) is 10.7. The largest absolute Gasteiger partial charge is 0.484 e. The van der Waals surface area contributed by atoms with Gasteiger partial charge in [0, 0.05) is 31.1 Å². The summed E-state index contributed by atoms with van der Waals surface area (Å²) in [6.07, 6.45) is 1.75. The van der Waals surface area contributed by atoms with Crippen molar-refractivity contribution in [1.29, 1.82) is 0 Å². The summed E-state index contributed by atoms with van der Waals surface area (Å²) in [5.41, 5.74) is 2.13. The molecule has 0 saturated carbocycles. The predicted octanol–water partition coefficient (Wildman–Crippen LogP) is 3.78. The van der Waals surface area contributed by atoms with Crippen molar-refractivity contribution >= 4 is 16.9 Å². The second-order valence-electron chi connectivity index (χ2n) is 6.52. The monoisotopic (exact) mass is 365 g/mol. The van der Waals surface area contributed by atoms with Gasteiger partial charge < -0.3 is 14.1 Å². The Morgan fingerprint density at radius 3 is 2.63 bits per heavy atom. The van der Waals surface area contributed by atoms with Gasteiger partial charge >= 0.3 is 5.63 Å². The van der Waals surface area contributed by atoms with Crippen LogP contribution < -0.4 is 10.4 Å². The highest BCUT2D eigenvalue weighted by atomic mass is 16.5. The van der Waals surface area contributed by atoms with Crippen LogP contribution in [0.5, 0.6) is 5.75 Å². The maximum Gasteiger partial charge on any atom is 0.336 e. The Morgan fingerprint density at radius 2 is 1.89 bits per heavy atom. The molecule has 0 N–H and O–H groups in total. The van der Waals surface area contributed by atoms with Crippen molar-refractivity contribution < 1.29 is 13.9 Å². The molecule has 1 aromatic heterocycles. The van der Waals surface area contributed by atoms with Gasteiger partial charge in [-0.1, -0.05) is 43.7 Å². The Hall–Kier alpha value is -3.08. The number of amides is 1. The summed E-state index contributed by atoms with van der Waals surface area (Å²) in [5, 5.41) is 0.899. The first-order valence-electron chi connectivity index (χ1n) is 9.04. The van der Waals surface area contributed by atoms with Crippen molar-refractivity contribution in [3.8, 4) is 5.75 Å². The summed E-state index contributed by atoms with van der Waals surface area (Å²) in [4.78, 5) is 25.7. The second-order valence-corrected chi connectivity index (χ2v) is 6.52. The lowest BCUT2D eigenvalue weighted by Gasteiger charge is -2.17. The molecular formula is C22H23NO4. The van der Waals surface area contributed by atoms with Crippen LogP contribution in [0, 0.1) is 0 Å². The average molecular weight is 365 g/mol. The summed E-state index contributed by atoms with van der Waals surface area (Å²) in [5.74, 6) is 0.376. The molecule has 0 unspecified atom stereocenters. The van der Waals surface area contributed by atoms with Crippen LogP contribution in [0.15, 0.2) is 63.8 Å². The average Bonchev–Trinajstić information content (AvgIpc) is 2.66. The van der Waals surface area contributed by atoms with E-state index in [-0.39, 0.29) is 18.1 Å². The van der Waals surface area contributed by atoms with Gasteiger partial charge in [0.15, 0.2) is 6.61 Å². The molecular weight excluding hydrogens is 342 g/mol. The fourth-order valence-electron chi connectivity index (χ4n) is 2.98. The maximum absolute atomic E-state index is 12.3. The molecule has 2 aromatic carbocycles. The molecule has 0 spiro atoms. The zero-order valence-corrected chi connectivity index (χ0v) is 15.6. The summed E-state index contributed by atoms with van der Waals surface area (Å²) in [6.45, 7) is 2.51. The Balaban J connectivity index is 1.67. The highest BCUT2D eigenvalue weighted by Crippen LogP contribution is 2.23. The fourth-order valence-corrected chi connectivity index (χ4v) is 2.98. The number of hydrogen-bond donors (Lipinski definition) is 0. The summed E-state index contributed by atoms with van der Waals surface area (Å²) < 4.78 is 10.9. The van der Waals surface area contributed by atoms with Crippen molar-refractivity contribution in [2.24, 2.45) is 0 Å². The van der Waals surface area contributed by atoms with E-state index in [0.29, 0.717) is 17.9 Å². The van der Waals surface area contributed by atoms with Crippen LogP contribution in [-0.4, -0.2) is 24.5 Å². The topological polar surface area (TPSA) is 59.8 Å². The molecule has 0 fully saturated rings. The Morgan fingerprint density at radius 1 is 1.11 bits per heavy atom. The lowest BCUT2D eigenvalue weighted by atomic mass is 10.1. The quantitative estimate of drug-likeness (QED) is 0.598. The van der Waals surface area contributed by atoms with Crippen LogP contribution in [0.3, 0.4) is 0 Å². The molecule has 140 valence electrons. The minimum absolute atomic E-state index is 0.0757.